The highest BCUT2D eigenvalue weighted by atomic mass is 16.2. The molecule has 1 aromatic carbocycles. The molecule has 7 heteroatoms. The van der Waals surface area contributed by atoms with Crippen LogP contribution in [0.3, 0.4) is 0 Å². The fourth-order valence-corrected chi connectivity index (χ4v) is 2.71. The van der Waals surface area contributed by atoms with Crippen LogP contribution in [0, 0.1) is 0 Å². The summed E-state index contributed by atoms with van der Waals surface area (Å²) in [5.41, 5.74) is 5.52. The molecule has 0 spiro atoms. The van der Waals surface area contributed by atoms with Crippen LogP contribution in [0.4, 0.5) is 0 Å². The van der Waals surface area contributed by atoms with Crippen LogP contribution in [0.5, 0.6) is 0 Å². The van der Waals surface area contributed by atoms with Gasteiger partial charge in [0.1, 0.15) is 5.82 Å². The largest absolute Gasteiger partial charge is 0.296 e. The highest BCUT2D eigenvalue weighted by Crippen LogP contribution is 2.16. The Morgan fingerprint density at radius 3 is 2.91 bits per heavy atom. The molecule has 0 bridgehead atoms. The molecule has 1 aliphatic rings. The molecule has 1 aromatic heterocycles. The molecule has 0 unspecified atom stereocenters. The molecule has 120 valence electrons. The van der Waals surface area contributed by atoms with Crippen LogP contribution in [0.25, 0.3) is 10.9 Å². The number of aromatic nitrogens is 2. The summed E-state index contributed by atoms with van der Waals surface area (Å²) in [7, 11) is 0. The van der Waals surface area contributed by atoms with Gasteiger partial charge in [-0.2, -0.15) is 0 Å². The predicted octanol–water partition coefficient (Wildman–Crippen LogP) is 0.904. The van der Waals surface area contributed by atoms with Crippen LogP contribution in [0.15, 0.2) is 23.0 Å². The molecular formula is C16H18N4O3. The van der Waals surface area contributed by atoms with Crippen LogP contribution in [0.2, 0.25) is 0 Å². The Kier molecular flexibility index (Phi) is 4.10. The first kappa shape index (κ1) is 15.2. The monoisotopic (exact) mass is 314 g/mol. The van der Waals surface area contributed by atoms with Crippen LogP contribution < -0.4 is 16.4 Å². The summed E-state index contributed by atoms with van der Waals surface area (Å²) in [6.07, 6.45) is 2.74. The summed E-state index contributed by atoms with van der Waals surface area (Å²) in [4.78, 5) is 40.3. The van der Waals surface area contributed by atoms with E-state index in [1.165, 1.54) is 0 Å². The van der Waals surface area contributed by atoms with Gasteiger partial charge in [0, 0.05) is 24.9 Å². The first-order valence-corrected chi connectivity index (χ1v) is 7.73. The lowest BCUT2D eigenvalue weighted by Crippen LogP contribution is -2.41. The van der Waals surface area contributed by atoms with Gasteiger partial charge in [-0.15, -0.1) is 0 Å². The molecule has 2 aromatic rings. The van der Waals surface area contributed by atoms with Crippen molar-refractivity contribution in [2.75, 3.05) is 0 Å². The van der Waals surface area contributed by atoms with Gasteiger partial charge in [-0.3, -0.25) is 29.8 Å². The fraction of sp³-hybridized carbons (Fsp3) is 0.375. The minimum Gasteiger partial charge on any atom is -0.296 e. The number of hydrogen-bond donors (Lipinski definition) is 2. The fourth-order valence-electron chi connectivity index (χ4n) is 2.71. The second-order valence-electron chi connectivity index (χ2n) is 5.57. The highest BCUT2D eigenvalue weighted by molar-refractivity contribution is 5.98. The molecule has 2 heterocycles. The molecule has 0 fully saturated rings. The van der Waals surface area contributed by atoms with E-state index in [0.29, 0.717) is 35.9 Å². The molecule has 3 rings (SSSR count). The third-order valence-corrected chi connectivity index (χ3v) is 3.87. The van der Waals surface area contributed by atoms with Gasteiger partial charge in [0.15, 0.2) is 0 Å². The molecular weight excluding hydrogens is 296 g/mol. The Balaban J connectivity index is 1.86. The number of aryl methyl sites for hydroxylation is 1. The van der Waals surface area contributed by atoms with Crippen molar-refractivity contribution >= 4 is 22.7 Å². The third-order valence-electron chi connectivity index (χ3n) is 3.87. The van der Waals surface area contributed by atoms with E-state index in [4.69, 9.17) is 0 Å². The quantitative estimate of drug-likeness (QED) is 0.823. The summed E-state index contributed by atoms with van der Waals surface area (Å²) in [5, 5.41) is 0.502. The maximum Gasteiger partial charge on any atom is 0.269 e. The van der Waals surface area contributed by atoms with E-state index in [-0.39, 0.29) is 11.5 Å². The predicted molar refractivity (Wildman–Crippen MR) is 84.8 cm³/mol. The topological polar surface area (TPSA) is 93.1 Å². The second kappa shape index (κ2) is 6.20. The Hall–Kier alpha value is -2.70. The van der Waals surface area contributed by atoms with Gasteiger partial charge in [-0.05, 0) is 31.0 Å². The lowest BCUT2D eigenvalue weighted by Gasteiger charge is -2.08. The molecule has 0 saturated carbocycles. The molecule has 1 aliphatic heterocycles. The number of carbonyl (C=O) groups excluding carboxylic acids is 2. The first-order valence-electron chi connectivity index (χ1n) is 7.73. The van der Waals surface area contributed by atoms with Crippen molar-refractivity contribution in [1.29, 1.82) is 0 Å². The summed E-state index contributed by atoms with van der Waals surface area (Å²) >= 11 is 0. The number of nitrogens with zero attached hydrogens (tertiary/aromatic N) is 2. The van der Waals surface area contributed by atoms with Crippen molar-refractivity contribution in [3.63, 3.8) is 0 Å². The second-order valence-corrected chi connectivity index (χ2v) is 5.57. The van der Waals surface area contributed by atoms with E-state index in [9.17, 15) is 14.4 Å². The van der Waals surface area contributed by atoms with Crippen LogP contribution in [-0.4, -0.2) is 21.4 Å². The van der Waals surface area contributed by atoms with Gasteiger partial charge in [-0.25, -0.2) is 4.98 Å². The standard InChI is InChI=1S/C16H18N4O3/c1-2-4-14(21)18-19-15(22)10-6-7-11-12(9-10)17-13-5-3-8-20(13)16(11)23/h6-7,9H,2-5,8H2,1H3,(H,18,21)(H,19,22). The van der Waals surface area contributed by atoms with Gasteiger partial charge in [-0.1, -0.05) is 6.92 Å². The van der Waals surface area contributed by atoms with Crippen LogP contribution >= 0.6 is 0 Å². The molecule has 0 aliphatic carbocycles. The molecule has 0 atom stereocenters. The number of amides is 2. The Bertz CT molecular complexity index is 841. The van der Waals surface area contributed by atoms with E-state index in [1.807, 2.05) is 6.92 Å². The number of nitrogens with one attached hydrogen (secondary N) is 2. The van der Waals surface area contributed by atoms with Gasteiger partial charge < -0.3 is 0 Å². The Morgan fingerprint density at radius 1 is 1.30 bits per heavy atom. The van der Waals surface area contributed by atoms with E-state index in [1.54, 1.807) is 22.8 Å². The van der Waals surface area contributed by atoms with E-state index < -0.39 is 5.91 Å². The molecule has 2 amide bonds. The average molecular weight is 314 g/mol. The molecule has 0 radical (unpaired) electrons. The van der Waals surface area contributed by atoms with Crippen LogP contribution in [-0.2, 0) is 17.8 Å². The summed E-state index contributed by atoms with van der Waals surface area (Å²) in [5.74, 6) is 0.0888. The zero-order valence-electron chi connectivity index (χ0n) is 12.9. The van der Waals surface area contributed by atoms with Crippen molar-refractivity contribution in [3.8, 4) is 0 Å². The van der Waals surface area contributed by atoms with Crippen molar-refractivity contribution in [1.82, 2.24) is 20.4 Å². The number of rotatable bonds is 3. The van der Waals surface area contributed by atoms with Crippen molar-refractivity contribution in [3.05, 3.63) is 39.9 Å². The van der Waals surface area contributed by atoms with Crippen molar-refractivity contribution < 1.29 is 9.59 Å². The summed E-state index contributed by atoms with van der Waals surface area (Å²) < 4.78 is 1.69. The Labute approximate surface area is 132 Å². The van der Waals surface area contributed by atoms with Gasteiger partial charge in [0.25, 0.3) is 11.5 Å². The van der Waals surface area contributed by atoms with E-state index >= 15 is 0 Å². The molecule has 0 saturated heterocycles. The molecule has 2 N–H and O–H groups in total. The summed E-state index contributed by atoms with van der Waals surface area (Å²) in [6, 6.07) is 4.75. The number of hydrazine groups is 1. The van der Waals surface area contributed by atoms with Gasteiger partial charge in [0.2, 0.25) is 5.91 Å². The minimum atomic E-state index is -0.432. The average Bonchev–Trinajstić information content (AvgIpc) is 3.01. The molecule has 23 heavy (non-hydrogen) atoms. The van der Waals surface area contributed by atoms with Crippen molar-refractivity contribution in [2.45, 2.75) is 39.2 Å². The van der Waals surface area contributed by atoms with Gasteiger partial charge >= 0.3 is 0 Å². The van der Waals surface area contributed by atoms with Crippen LogP contribution in [0.1, 0.15) is 42.4 Å². The summed E-state index contributed by atoms with van der Waals surface area (Å²) in [6.45, 7) is 2.58. The number of fused-ring (bicyclic) bond motifs is 2. The number of hydrogen-bond acceptors (Lipinski definition) is 4. The Morgan fingerprint density at radius 2 is 2.13 bits per heavy atom. The lowest BCUT2D eigenvalue weighted by molar-refractivity contribution is -0.121. The normalized spacial score (nSPS) is 12.9. The maximum absolute atomic E-state index is 12.4. The third kappa shape index (κ3) is 2.94. The SMILES string of the molecule is CCCC(=O)NNC(=O)c1ccc2c(=O)n3c(nc2c1)CCC3. The minimum absolute atomic E-state index is 0.0642. The highest BCUT2D eigenvalue weighted by Gasteiger charge is 2.17. The molecule has 7 nitrogen and oxygen atoms in total. The zero-order chi connectivity index (χ0) is 16.4. The first-order chi connectivity index (χ1) is 11.1. The smallest absolute Gasteiger partial charge is 0.269 e. The van der Waals surface area contributed by atoms with Gasteiger partial charge in [0.05, 0.1) is 10.9 Å². The maximum atomic E-state index is 12.4. The lowest BCUT2D eigenvalue weighted by atomic mass is 10.1. The van der Waals surface area contributed by atoms with E-state index in [2.05, 4.69) is 15.8 Å². The van der Waals surface area contributed by atoms with E-state index in [0.717, 1.165) is 18.7 Å². The number of benzene rings is 1. The van der Waals surface area contributed by atoms with Crippen molar-refractivity contribution in [2.24, 2.45) is 0 Å². The zero-order valence-corrected chi connectivity index (χ0v) is 12.9. The number of carbonyl (C=O) groups is 2.